The third-order valence-electron chi connectivity index (χ3n) is 9.23. The number of aromatic nitrogens is 2. The van der Waals surface area contributed by atoms with Gasteiger partial charge in [0.1, 0.15) is 12.6 Å². The molecule has 0 saturated heterocycles. The van der Waals surface area contributed by atoms with Gasteiger partial charge < -0.3 is 25.3 Å². The van der Waals surface area contributed by atoms with Crippen LogP contribution in [-0.4, -0.2) is 46.6 Å². The third kappa shape index (κ3) is 8.37. The summed E-state index contributed by atoms with van der Waals surface area (Å²) in [5.41, 5.74) is 4.86. The predicted octanol–water partition coefficient (Wildman–Crippen LogP) is 6.80. The zero-order chi connectivity index (χ0) is 34.2. The summed E-state index contributed by atoms with van der Waals surface area (Å²) in [5.74, 6) is -1.69. The number of nitrogens with zero attached hydrogens (tertiary/aromatic N) is 2. The second kappa shape index (κ2) is 15.7. The first-order valence-electron chi connectivity index (χ1n) is 16.9. The largest absolute Gasteiger partial charge is 0.550 e. The molecule has 0 spiro atoms. The van der Waals surface area contributed by atoms with Crippen LogP contribution in [-0.2, 0) is 35.4 Å². The standard InChI is InChI=1S/C37H41N5O7/c1-2-27(35(45)48-49-37(46)47-26-10-4-3-5-11-26)28-20-21-34(44)42(32-15-9-6-12-29(28)32)23-33(43)38-22-24-16-18-25(19-17-24)39-36-40-30-13-7-8-14-31(30)41-36/h6-9,12-19,26-28H,2-5,10-11,20-23H2,1H3,(H,38,43)(H2,39,40,41). The molecular weight excluding hydrogens is 626 g/mol. The Bertz CT molecular complexity index is 1750. The molecule has 12 heteroatoms. The van der Waals surface area contributed by atoms with Gasteiger partial charge in [0, 0.05) is 24.3 Å². The lowest BCUT2D eigenvalue weighted by Crippen LogP contribution is -2.40. The van der Waals surface area contributed by atoms with Gasteiger partial charge in [0.05, 0.1) is 17.0 Å². The van der Waals surface area contributed by atoms with Gasteiger partial charge in [0.2, 0.25) is 17.8 Å². The monoisotopic (exact) mass is 667 g/mol. The molecular formula is C37H41N5O7. The molecule has 2 amide bonds. The lowest BCUT2D eigenvalue weighted by Gasteiger charge is -2.26. The molecule has 12 nitrogen and oxygen atoms in total. The van der Waals surface area contributed by atoms with E-state index in [4.69, 9.17) is 14.5 Å². The van der Waals surface area contributed by atoms with Crippen molar-refractivity contribution in [1.82, 2.24) is 15.3 Å². The number of hydrogen-bond acceptors (Lipinski definition) is 9. The number of fused-ring (bicyclic) bond motifs is 2. The maximum Gasteiger partial charge on any atom is 0.550 e. The molecule has 1 aliphatic carbocycles. The van der Waals surface area contributed by atoms with Crippen molar-refractivity contribution in [1.29, 1.82) is 0 Å². The highest BCUT2D eigenvalue weighted by molar-refractivity contribution is 6.00. The van der Waals surface area contributed by atoms with Crippen molar-refractivity contribution in [2.75, 3.05) is 16.8 Å². The van der Waals surface area contributed by atoms with Gasteiger partial charge >= 0.3 is 12.1 Å². The van der Waals surface area contributed by atoms with Crippen LogP contribution in [0, 0.1) is 5.92 Å². The van der Waals surface area contributed by atoms with Crippen LogP contribution in [0.1, 0.15) is 75.3 Å². The van der Waals surface area contributed by atoms with E-state index in [-0.39, 0.29) is 37.4 Å². The molecule has 2 unspecified atom stereocenters. The van der Waals surface area contributed by atoms with Crippen molar-refractivity contribution in [3.8, 4) is 0 Å². The van der Waals surface area contributed by atoms with Crippen LogP contribution in [0.15, 0.2) is 72.8 Å². The van der Waals surface area contributed by atoms with Crippen molar-refractivity contribution in [3.63, 3.8) is 0 Å². The summed E-state index contributed by atoms with van der Waals surface area (Å²) < 4.78 is 5.29. The fraction of sp³-hybridized carbons (Fsp3) is 0.378. The number of aromatic amines is 1. The molecule has 1 aliphatic heterocycles. The number of carbonyl (C=O) groups excluding carboxylic acids is 4. The summed E-state index contributed by atoms with van der Waals surface area (Å²) in [4.78, 5) is 70.9. The minimum atomic E-state index is -1.03. The summed E-state index contributed by atoms with van der Waals surface area (Å²) in [7, 11) is 0. The topological polar surface area (TPSA) is 152 Å². The SMILES string of the molecule is CCC(C(=O)OOC(=O)OC1CCCCC1)C1CCC(=O)N(CC(=O)NCc2ccc(Nc3nc4ccccc4[nH]3)cc2)c2ccccc21. The smallest absolute Gasteiger partial charge is 0.428 e. The van der Waals surface area contributed by atoms with E-state index in [9.17, 15) is 19.2 Å². The van der Waals surface area contributed by atoms with E-state index in [0.717, 1.165) is 60.0 Å². The average Bonchev–Trinajstić information content (AvgIpc) is 3.48. The second-order valence-corrected chi connectivity index (χ2v) is 12.5. The van der Waals surface area contributed by atoms with Crippen LogP contribution in [0.25, 0.3) is 11.0 Å². The number of rotatable bonds is 10. The predicted molar refractivity (Wildman–Crippen MR) is 183 cm³/mol. The minimum absolute atomic E-state index is 0.126. The molecule has 4 aromatic rings. The Morgan fingerprint density at radius 1 is 0.939 bits per heavy atom. The number of hydrogen-bond donors (Lipinski definition) is 3. The Hall–Kier alpha value is -5.39. The number of imidazole rings is 1. The molecule has 3 N–H and O–H groups in total. The van der Waals surface area contributed by atoms with Crippen molar-refractivity contribution < 1.29 is 33.7 Å². The van der Waals surface area contributed by atoms with Crippen molar-refractivity contribution in [2.24, 2.45) is 5.92 Å². The molecule has 2 heterocycles. The first-order chi connectivity index (χ1) is 23.9. The van der Waals surface area contributed by atoms with Crippen LogP contribution < -0.4 is 15.5 Å². The van der Waals surface area contributed by atoms with Crippen LogP contribution in [0.2, 0.25) is 0 Å². The van der Waals surface area contributed by atoms with Crippen LogP contribution in [0.5, 0.6) is 0 Å². The number of carbonyl (C=O) groups is 4. The third-order valence-corrected chi connectivity index (χ3v) is 9.23. The average molecular weight is 668 g/mol. The Balaban J connectivity index is 1.05. The summed E-state index contributed by atoms with van der Waals surface area (Å²) in [5, 5.41) is 6.17. The number of nitrogens with one attached hydrogen (secondary N) is 3. The van der Waals surface area contributed by atoms with Crippen molar-refractivity contribution >= 4 is 52.3 Å². The summed E-state index contributed by atoms with van der Waals surface area (Å²) in [6, 6.07) is 22.7. The maximum absolute atomic E-state index is 13.4. The van der Waals surface area contributed by atoms with Crippen molar-refractivity contribution in [2.45, 2.75) is 76.9 Å². The molecule has 2 aliphatic rings. The van der Waals surface area contributed by atoms with Gasteiger partial charge in [0.15, 0.2) is 0 Å². The highest BCUT2D eigenvalue weighted by atomic mass is 17.2. The van der Waals surface area contributed by atoms with Crippen molar-refractivity contribution in [3.05, 3.63) is 83.9 Å². The number of anilines is 3. The van der Waals surface area contributed by atoms with E-state index in [1.807, 2.05) is 67.6 Å². The molecule has 3 aromatic carbocycles. The van der Waals surface area contributed by atoms with Gasteiger partial charge in [-0.25, -0.2) is 19.6 Å². The van der Waals surface area contributed by atoms with Gasteiger partial charge in [-0.15, -0.1) is 0 Å². The molecule has 1 saturated carbocycles. The van der Waals surface area contributed by atoms with Crippen LogP contribution in [0.3, 0.4) is 0 Å². The zero-order valence-electron chi connectivity index (χ0n) is 27.5. The van der Waals surface area contributed by atoms with E-state index in [0.29, 0.717) is 24.5 Å². The van der Waals surface area contributed by atoms with E-state index in [2.05, 4.69) is 20.6 Å². The fourth-order valence-corrected chi connectivity index (χ4v) is 6.69. The number of ether oxygens (including phenoxy) is 1. The lowest BCUT2D eigenvalue weighted by molar-refractivity contribution is -0.251. The molecule has 256 valence electrons. The molecule has 0 bridgehead atoms. The van der Waals surface area contributed by atoms with E-state index in [1.54, 1.807) is 12.1 Å². The first-order valence-corrected chi connectivity index (χ1v) is 16.9. The number of amides is 2. The highest BCUT2D eigenvalue weighted by Crippen LogP contribution is 2.41. The van der Waals surface area contributed by atoms with E-state index in [1.165, 1.54) is 4.90 Å². The highest BCUT2D eigenvalue weighted by Gasteiger charge is 2.37. The van der Waals surface area contributed by atoms with E-state index < -0.39 is 24.0 Å². The van der Waals surface area contributed by atoms with Crippen LogP contribution in [0.4, 0.5) is 22.1 Å². The number of H-pyrrole nitrogens is 1. The normalized spacial score (nSPS) is 17.0. The lowest BCUT2D eigenvalue weighted by atomic mass is 9.81. The summed E-state index contributed by atoms with van der Waals surface area (Å²) in [6.07, 6.45) is 4.20. The van der Waals surface area contributed by atoms with E-state index >= 15 is 0 Å². The number of benzene rings is 3. The number of para-hydroxylation sites is 3. The molecule has 2 atom stereocenters. The first kappa shape index (κ1) is 33.5. The molecule has 6 rings (SSSR count). The summed E-state index contributed by atoms with van der Waals surface area (Å²) in [6.45, 7) is 1.95. The second-order valence-electron chi connectivity index (χ2n) is 12.5. The fourth-order valence-electron chi connectivity index (χ4n) is 6.69. The van der Waals surface area contributed by atoms with Gasteiger partial charge in [0.25, 0.3) is 0 Å². The Labute approximate surface area is 284 Å². The Kier molecular flexibility index (Phi) is 10.7. The molecule has 0 radical (unpaired) electrons. The quantitative estimate of drug-likeness (QED) is 0.0942. The minimum Gasteiger partial charge on any atom is -0.428 e. The van der Waals surface area contributed by atoms with Gasteiger partial charge in [-0.3, -0.25) is 9.59 Å². The summed E-state index contributed by atoms with van der Waals surface area (Å²) >= 11 is 0. The molecule has 49 heavy (non-hydrogen) atoms. The van der Waals surface area contributed by atoms with Gasteiger partial charge in [-0.05, 0) is 85.9 Å². The zero-order valence-corrected chi connectivity index (χ0v) is 27.5. The maximum atomic E-state index is 13.4. The van der Waals surface area contributed by atoms with Crippen LogP contribution >= 0.6 is 0 Å². The molecule has 1 fully saturated rings. The molecule has 1 aromatic heterocycles. The van der Waals surface area contributed by atoms with Gasteiger partial charge in [-0.2, -0.15) is 4.79 Å². The Morgan fingerprint density at radius 2 is 1.69 bits per heavy atom. The van der Waals surface area contributed by atoms with Gasteiger partial charge in [-0.1, -0.05) is 55.8 Å². The Morgan fingerprint density at radius 3 is 2.47 bits per heavy atom.